The van der Waals surface area contributed by atoms with E-state index in [0.29, 0.717) is 5.56 Å². The highest BCUT2D eigenvalue weighted by Gasteiger charge is 2.49. The molecular formula is C22H18N4O5. The van der Waals surface area contributed by atoms with E-state index in [2.05, 4.69) is 10.6 Å². The molecule has 1 unspecified atom stereocenters. The molecule has 1 fully saturated rings. The van der Waals surface area contributed by atoms with Crippen LogP contribution in [0.2, 0.25) is 0 Å². The number of carbonyl (C=O) groups is 3. The lowest BCUT2D eigenvalue weighted by molar-refractivity contribution is -0.384. The maximum Gasteiger partial charge on any atom is 0.325 e. The fourth-order valence-electron chi connectivity index (χ4n) is 3.58. The van der Waals surface area contributed by atoms with Crippen LogP contribution < -0.4 is 10.6 Å². The first kappa shape index (κ1) is 20.0. The van der Waals surface area contributed by atoms with Gasteiger partial charge in [-0.25, -0.2) is 4.79 Å². The fourth-order valence-corrected chi connectivity index (χ4v) is 3.58. The van der Waals surface area contributed by atoms with Crippen molar-refractivity contribution in [2.45, 2.75) is 12.5 Å². The van der Waals surface area contributed by atoms with E-state index in [9.17, 15) is 24.5 Å². The number of nitrogens with one attached hydrogen (secondary N) is 2. The number of fused-ring (bicyclic) bond motifs is 1. The van der Waals surface area contributed by atoms with Crippen LogP contribution in [0.1, 0.15) is 12.5 Å². The first-order valence-corrected chi connectivity index (χ1v) is 9.45. The van der Waals surface area contributed by atoms with E-state index in [1.165, 1.54) is 24.3 Å². The van der Waals surface area contributed by atoms with E-state index in [1.807, 2.05) is 36.4 Å². The fraction of sp³-hybridized carbons (Fsp3) is 0.136. The van der Waals surface area contributed by atoms with Gasteiger partial charge in [0.25, 0.3) is 11.6 Å². The number of urea groups is 1. The third-order valence-electron chi connectivity index (χ3n) is 5.24. The topological polar surface area (TPSA) is 122 Å². The molecule has 4 rings (SSSR count). The molecular weight excluding hydrogens is 400 g/mol. The van der Waals surface area contributed by atoms with Crippen molar-refractivity contribution < 1.29 is 19.3 Å². The number of nitrogens with zero attached hydrogens (tertiary/aromatic N) is 2. The van der Waals surface area contributed by atoms with E-state index in [1.54, 1.807) is 13.0 Å². The number of hydrogen-bond donors (Lipinski definition) is 2. The van der Waals surface area contributed by atoms with Gasteiger partial charge in [0.15, 0.2) is 0 Å². The summed E-state index contributed by atoms with van der Waals surface area (Å²) >= 11 is 0. The second-order valence-electron chi connectivity index (χ2n) is 7.36. The Morgan fingerprint density at radius 2 is 1.81 bits per heavy atom. The SMILES string of the molecule is CC1(c2ccc3ccccc3c2)NC(=O)N(CC(=O)Nc2cccc([N+](=O)[O-])c2)C1=O. The van der Waals surface area contributed by atoms with Gasteiger partial charge in [-0.2, -0.15) is 0 Å². The smallest absolute Gasteiger partial charge is 0.324 e. The number of rotatable bonds is 5. The predicted molar refractivity (Wildman–Crippen MR) is 113 cm³/mol. The van der Waals surface area contributed by atoms with Crippen molar-refractivity contribution in [3.8, 4) is 0 Å². The zero-order valence-electron chi connectivity index (χ0n) is 16.5. The van der Waals surface area contributed by atoms with Crippen molar-refractivity contribution in [1.29, 1.82) is 0 Å². The molecule has 156 valence electrons. The van der Waals surface area contributed by atoms with Crippen LogP contribution in [0.25, 0.3) is 10.8 Å². The highest BCUT2D eigenvalue weighted by Crippen LogP contribution is 2.31. The molecule has 3 aromatic rings. The van der Waals surface area contributed by atoms with E-state index in [4.69, 9.17) is 0 Å². The quantitative estimate of drug-likeness (QED) is 0.374. The Bertz CT molecular complexity index is 1240. The minimum absolute atomic E-state index is 0.184. The highest BCUT2D eigenvalue weighted by molar-refractivity contribution is 6.10. The maximum atomic E-state index is 13.1. The van der Waals surface area contributed by atoms with Gasteiger partial charge in [0.05, 0.1) is 4.92 Å². The van der Waals surface area contributed by atoms with E-state index < -0.39 is 34.9 Å². The summed E-state index contributed by atoms with van der Waals surface area (Å²) in [5, 5.41) is 18.0. The van der Waals surface area contributed by atoms with Crippen LogP contribution in [0.15, 0.2) is 66.7 Å². The van der Waals surface area contributed by atoms with Crippen molar-refractivity contribution in [3.05, 3.63) is 82.4 Å². The standard InChI is InChI=1S/C22H18N4O5/c1-22(16-10-9-14-5-2-3-6-15(14)11-16)20(28)25(21(29)24-22)13-19(27)23-17-7-4-8-18(12-17)26(30)31/h2-12H,13H2,1H3,(H,23,27)(H,24,29). The number of amides is 4. The molecule has 3 aromatic carbocycles. The average molecular weight is 418 g/mol. The molecule has 2 N–H and O–H groups in total. The number of hydrogen-bond acceptors (Lipinski definition) is 5. The summed E-state index contributed by atoms with van der Waals surface area (Å²) in [4.78, 5) is 49.1. The number of carbonyl (C=O) groups excluding carboxylic acids is 3. The number of non-ortho nitro benzene ring substituents is 1. The number of anilines is 1. The normalized spacial score (nSPS) is 18.2. The van der Waals surface area contributed by atoms with Gasteiger partial charge < -0.3 is 10.6 Å². The van der Waals surface area contributed by atoms with E-state index in [-0.39, 0.29) is 11.4 Å². The largest absolute Gasteiger partial charge is 0.325 e. The summed E-state index contributed by atoms with van der Waals surface area (Å²) in [7, 11) is 0. The van der Waals surface area contributed by atoms with Crippen LogP contribution in [0.5, 0.6) is 0 Å². The van der Waals surface area contributed by atoms with E-state index >= 15 is 0 Å². The molecule has 9 nitrogen and oxygen atoms in total. The molecule has 4 amide bonds. The molecule has 9 heteroatoms. The Hall–Kier alpha value is -4.27. The van der Waals surface area contributed by atoms with Crippen molar-refractivity contribution in [2.24, 2.45) is 0 Å². The van der Waals surface area contributed by atoms with Crippen LogP contribution in [-0.4, -0.2) is 34.2 Å². The molecule has 1 atom stereocenters. The number of nitro benzene ring substituents is 1. The van der Waals surface area contributed by atoms with Gasteiger partial charge in [-0.15, -0.1) is 0 Å². The molecule has 0 bridgehead atoms. The molecule has 1 aliphatic rings. The number of imide groups is 1. The molecule has 1 saturated heterocycles. The van der Waals surface area contributed by atoms with Crippen molar-refractivity contribution >= 4 is 40.0 Å². The second kappa shape index (κ2) is 7.52. The summed E-state index contributed by atoms with van der Waals surface area (Å²) in [5.74, 6) is -1.20. The van der Waals surface area contributed by atoms with Gasteiger partial charge in [0.2, 0.25) is 5.91 Å². The van der Waals surface area contributed by atoms with Gasteiger partial charge in [-0.3, -0.25) is 24.6 Å². The zero-order valence-corrected chi connectivity index (χ0v) is 16.5. The third-order valence-corrected chi connectivity index (χ3v) is 5.24. The average Bonchev–Trinajstić information content (AvgIpc) is 2.97. The summed E-state index contributed by atoms with van der Waals surface area (Å²) in [6.07, 6.45) is 0. The Morgan fingerprint density at radius 1 is 1.06 bits per heavy atom. The molecule has 0 saturated carbocycles. The van der Waals surface area contributed by atoms with Gasteiger partial charge in [-0.05, 0) is 35.4 Å². The van der Waals surface area contributed by atoms with Crippen LogP contribution >= 0.6 is 0 Å². The Balaban J connectivity index is 1.53. The maximum absolute atomic E-state index is 13.1. The number of nitro groups is 1. The van der Waals surface area contributed by atoms with Crippen molar-refractivity contribution in [1.82, 2.24) is 10.2 Å². The molecule has 1 heterocycles. The summed E-state index contributed by atoms with van der Waals surface area (Å²) < 4.78 is 0. The first-order valence-electron chi connectivity index (χ1n) is 9.45. The Morgan fingerprint density at radius 3 is 2.55 bits per heavy atom. The molecule has 1 aliphatic heterocycles. The molecule has 0 spiro atoms. The molecule has 0 aromatic heterocycles. The van der Waals surface area contributed by atoms with Gasteiger partial charge in [0.1, 0.15) is 12.1 Å². The minimum atomic E-state index is -1.31. The lowest BCUT2D eigenvalue weighted by Crippen LogP contribution is -2.42. The van der Waals surface area contributed by atoms with Crippen LogP contribution in [0.4, 0.5) is 16.2 Å². The zero-order chi connectivity index (χ0) is 22.2. The summed E-state index contributed by atoms with van der Waals surface area (Å²) in [6, 6.07) is 17.8. The summed E-state index contributed by atoms with van der Waals surface area (Å²) in [6.45, 7) is 1.08. The van der Waals surface area contributed by atoms with Gasteiger partial charge in [0, 0.05) is 17.8 Å². The lowest BCUT2D eigenvalue weighted by atomic mass is 9.90. The highest BCUT2D eigenvalue weighted by atomic mass is 16.6. The van der Waals surface area contributed by atoms with Crippen molar-refractivity contribution in [2.75, 3.05) is 11.9 Å². The minimum Gasteiger partial charge on any atom is -0.324 e. The Labute approximate surface area is 176 Å². The predicted octanol–water partition coefficient (Wildman–Crippen LogP) is 3.15. The first-order chi connectivity index (χ1) is 14.8. The van der Waals surface area contributed by atoms with Crippen LogP contribution in [0, 0.1) is 10.1 Å². The Kier molecular flexibility index (Phi) is 4.86. The summed E-state index contributed by atoms with van der Waals surface area (Å²) in [5.41, 5.74) is -0.696. The lowest BCUT2D eigenvalue weighted by Gasteiger charge is -2.22. The molecule has 0 aliphatic carbocycles. The second-order valence-corrected chi connectivity index (χ2v) is 7.36. The molecule has 0 radical (unpaired) electrons. The van der Waals surface area contributed by atoms with Crippen LogP contribution in [0.3, 0.4) is 0 Å². The van der Waals surface area contributed by atoms with Gasteiger partial charge >= 0.3 is 6.03 Å². The third kappa shape index (κ3) is 3.68. The van der Waals surface area contributed by atoms with Crippen molar-refractivity contribution in [3.63, 3.8) is 0 Å². The van der Waals surface area contributed by atoms with Crippen LogP contribution in [-0.2, 0) is 15.1 Å². The molecule has 31 heavy (non-hydrogen) atoms. The monoisotopic (exact) mass is 418 g/mol. The number of benzene rings is 3. The van der Waals surface area contributed by atoms with E-state index in [0.717, 1.165) is 15.7 Å². The van der Waals surface area contributed by atoms with Gasteiger partial charge in [-0.1, -0.05) is 42.5 Å².